The van der Waals surface area contributed by atoms with Crippen LogP contribution in [0.5, 0.6) is 5.75 Å². The monoisotopic (exact) mass is 566 g/mol. The van der Waals surface area contributed by atoms with Crippen LogP contribution >= 0.6 is 0 Å². The fourth-order valence-electron chi connectivity index (χ4n) is 4.54. The Bertz CT molecular complexity index is 1320. The van der Waals surface area contributed by atoms with E-state index in [4.69, 9.17) is 14.2 Å². The number of nitro benzene ring substituents is 1. The van der Waals surface area contributed by atoms with Gasteiger partial charge in [-0.2, -0.15) is 5.26 Å². The molecule has 4 atom stereocenters. The lowest BCUT2D eigenvalue weighted by Gasteiger charge is -2.36. The molecular weight excluding hydrogens is 532 g/mol. The highest BCUT2D eigenvalue weighted by atomic mass is 16.6. The first-order chi connectivity index (χ1) is 19.5. The first-order valence-corrected chi connectivity index (χ1v) is 13.0. The standard InChI is InChI=1S/C29H34N4O8/c1-17(2)31-14-22(34)16-40-23-10-8-19(9-11-23)15-41-29(36)25-18(3)32-24(13-30)27(28(35)39-4)26(25)20-6-5-7-21(12-20)33(37)38/h5-12,17,22,24,26-27,31-32,34H,14-16H2,1-4H3. The molecule has 1 aliphatic heterocycles. The van der Waals surface area contributed by atoms with Crippen LogP contribution in [0.1, 0.15) is 37.8 Å². The number of allylic oxidation sites excluding steroid dienone is 1. The van der Waals surface area contributed by atoms with E-state index < -0.39 is 40.8 Å². The molecule has 0 spiro atoms. The maximum Gasteiger partial charge on any atom is 0.336 e. The lowest BCUT2D eigenvalue weighted by atomic mass is 9.73. The molecule has 3 N–H and O–H groups in total. The van der Waals surface area contributed by atoms with Crippen LogP contribution in [0.25, 0.3) is 0 Å². The van der Waals surface area contributed by atoms with Crippen molar-refractivity contribution in [3.63, 3.8) is 0 Å². The Morgan fingerprint density at radius 1 is 1.22 bits per heavy atom. The number of benzene rings is 2. The van der Waals surface area contributed by atoms with Gasteiger partial charge in [-0.05, 0) is 30.2 Å². The molecule has 4 unspecified atom stereocenters. The molecule has 1 heterocycles. The Hall–Kier alpha value is -4.47. The molecule has 2 aromatic carbocycles. The molecule has 2 aromatic rings. The van der Waals surface area contributed by atoms with Gasteiger partial charge >= 0.3 is 11.9 Å². The number of aliphatic hydroxyl groups is 1. The second kappa shape index (κ2) is 14.2. The summed E-state index contributed by atoms with van der Waals surface area (Å²) in [7, 11) is 1.17. The molecule has 3 rings (SSSR count). The molecule has 0 aliphatic carbocycles. The lowest BCUT2D eigenvalue weighted by molar-refractivity contribution is -0.384. The number of non-ortho nitro benzene ring substituents is 1. The zero-order valence-corrected chi connectivity index (χ0v) is 23.3. The Balaban J connectivity index is 1.79. The van der Waals surface area contributed by atoms with Crippen molar-refractivity contribution < 1.29 is 33.8 Å². The summed E-state index contributed by atoms with van der Waals surface area (Å²) in [5.41, 5.74) is 1.11. The van der Waals surface area contributed by atoms with E-state index >= 15 is 0 Å². The molecule has 0 saturated carbocycles. The number of aliphatic hydroxyl groups excluding tert-OH is 1. The van der Waals surface area contributed by atoms with E-state index in [9.17, 15) is 30.1 Å². The van der Waals surface area contributed by atoms with Crippen LogP contribution in [0.15, 0.2) is 59.8 Å². The summed E-state index contributed by atoms with van der Waals surface area (Å²) in [4.78, 5) is 37.1. The highest BCUT2D eigenvalue weighted by Gasteiger charge is 2.46. The average molecular weight is 567 g/mol. The first kappa shape index (κ1) is 31.1. The molecule has 218 valence electrons. The third-order valence-electron chi connectivity index (χ3n) is 6.58. The van der Waals surface area contributed by atoms with Crippen LogP contribution in [0.2, 0.25) is 0 Å². The predicted molar refractivity (Wildman–Crippen MR) is 147 cm³/mol. The van der Waals surface area contributed by atoms with Crippen LogP contribution in [0.3, 0.4) is 0 Å². The summed E-state index contributed by atoms with van der Waals surface area (Å²) in [5.74, 6) is -3.17. The normalized spacial score (nSPS) is 19.1. The second-order valence-corrected chi connectivity index (χ2v) is 9.92. The van der Waals surface area contributed by atoms with E-state index in [-0.39, 0.29) is 30.5 Å². The van der Waals surface area contributed by atoms with Crippen LogP contribution in [0.4, 0.5) is 5.69 Å². The number of hydrogen-bond donors (Lipinski definition) is 3. The number of ether oxygens (including phenoxy) is 3. The maximum atomic E-state index is 13.4. The van der Waals surface area contributed by atoms with Crippen LogP contribution < -0.4 is 15.4 Å². The van der Waals surface area contributed by atoms with Gasteiger partial charge in [0.05, 0.1) is 23.7 Å². The molecule has 41 heavy (non-hydrogen) atoms. The number of carbonyl (C=O) groups excluding carboxylic acids is 2. The molecule has 0 fully saturated rings. The number of nitrogens with one attached hydrogen (secondary N) is 2. The van der Waals surface area contributed by atoms with Crippen molar-refractivity contribution in [3.8, 4) is 11.8 Å². The third-order valence-corrected chi connectivity index (χ3v) is 6.58. The average Bonchev–Trinajstić information content (AvgIpc) is 2.97. The van der Waals surface area contributed by atoms with Gasteiger partial charge in [-0.15, -0.1) is 0 Å². The Labute approximate surface area is 238 Å². The quantitative estimate of drug-likeness (QED) is 0.196. The summed E-state index contributed by atoms with van der Waals surface area (Å²) >= 11 is 0. The van der Waals surface area contributed by atoms with Crippen molar-refractivity contribution in [3.05, 3.63) is 81.0 Å². The number of hydrogen-bond acceptors (Lipinski definition) is 11. The van der Waals surface area contributed by atoms with Crippen LogP contribution in [-0.4, -0.2) is 60.4 Å². The fraction of sp³-hybridized carbons (Fsp3) is 0.414. The third kappa shape index (κ3) is 8.03. The summed E-state index contributed by atoms with van der Waals surface area (Å²) in [6.45, 7) is 5.95. The van der Waals surface area contributed by atoms with Crippen LogP contribution in [0, 0.1) is 27.4 Å². The van der Waals surface area contributed by atoms with Gasteiger partial charge in [0, 0.05) is 36.3 Å². The summed E-state index contributed by atoms with van der Waals surface area (Å²) in [5, 5.41) is 37.2. The van der Waals surface area contributed by atoms with Gasteiger partial charge in [-0.1, -0.05) is 38.1 Å². The van der Waals surface area contributed by atoms with E-state index in [0.717, 1.165) is 0 Å². The number of esters is 2. The maximum absolute atomic E-state index is 13.4. The first-order valence-electron chi connectivity index (χ1n) is 13.0. The van der Waals surface area contributed by atoms with Gasteiger partial charge in [-0.25, -0.2) is 4.79 Å². The van der Waals surface area contributed by atoms with Crippen molar-refractivity contribution in [1.82, 2.24) is 10.6 Å². The molecule has 12 nitrogen and oxygen atoms in total. The topological polar surface area (TPSA) is 173 Å². The van der Waals surface area contributed by atoms with Crippen molar-refractivity contribution in [1.29, 1.82) is 5.26 Å². The molecular formula is C29H34N4O8. The molecule has 0 bridgehead atoms. The molecule has 0 amide bonds. The van der Waals surface area contributed by atoms with Gasteiger partial charge < -0.3 is 30.0 Å². The van der Waals surface area contributed by atoms with Crippen molar-refractivity contribution in [2.75, 3.05) is 20.3 Å². The number of nitriles is 1. The molecule has 0 saturated heterocycles. The van der Waals surface area contributed by atoms with Gasteiger partial charge in [0.15, 0.2) is 0 Å². The predicted octanol–water partition coefficient (Wildman–Crippen LogP) is 2.72. The van der Waals surface area contributed by atoms with Crippen molar-refractivity contribution in [2.45, 2.75) is 51.5 Å². The lowest BCUT2D eigenvalue weighted by Crippen LogP contribution is -2.48. The molecule has 0 aromatic heterocycles. The molecule has 12 heteroatoms. The van der Waals surface area contributed by atoms with Gasteiger partial charge in [-0.3, -0.25) is 14.9 Å². The number of nitrogens with zero attached hydrogens (tertiary/aromatic N) is 2. The fourth-order valence-corrected chi connectivity index (χ4v) is 4.54. The highest BCUT2D eigenvalue weighted by Crippen LogP contribution is 2.41. The Morgan fingerprint density at radius 3 is 2.54 bits per heavy atom. The van der Waals surface area contributed by atoms with Crippen molar-refractivity contribution in [2.24, 2.45) is 5.92 Å². The van der Waals surface area contributed by atoms with Crippen molar-refractivity contribution >= 4 is 17.6 Å². The zero-order chi connectivity index (χ0) is 30.1. The van der Waals surface area contributed by atoms with Gasteiger partial charge in [0.1, 0.15) is 37.0 Å². The van der Waals surface area contributed by atoms with Crippen LogP contribution in [-0.2, 0) is 25.7 Å². The number of methoxy groups -OCH3 is 1. The number of rotatable bonds is 12. The number of carbonyl (C=O) groups is 2. The summed E-state index contributed by atoms with van der Waals surface area (Å²) in [6, 6.07) is 13.6. The van der Waals surface area contributed by atoms with E-state index in [1.165, 1.54) is 25.3 Å². The van der Waals surface area contributed by atoms with E-state index in [1.807, 2.05) is 19.9 Å². The minimum absolute atomic E-state index is 0.0661. The smallest absolute Gasteiger partial charge is 0.336 e. The largest absolute Gasteiger partial charge is 0.491 e. The SMILES string of the molecule is COC(=O)C1C(C#N)NC(C)=C(C(=O)OCc2ccc(OCC(O)CNC(C)C)cc2)C1c1cccc([N+](=O)[O-])c1. The number of nitro groups is 1. The minimum Gasteiger partial charge on any atom is -0.491 e. The molecule has 0 radical (unpaired) electrons. The second-order valence-electron chi connectivity index (χ2n) is 9.92. The summed E-state index contributed by atoms with van der Waals surface area (Å²) < 4.78 is 16.2. The highest BCUT2D eigenvalue weighted by molar-refractivity contribution is 5.93. The minimum atomic E-state index is -1.17. The summed E-state index contributed by atoms with van der Waals surface area (Å²) in [6.07, 6.45) is -0.674. The van der Waals surface area contributed by atoms with Gasteiger partial charge in [0.2, 0.25) is 0 Å². The molecule has 1 aliphatic rings. The Morgan fingerprint density at radius 2 is 1.93 bits per heavy atom. The van der Waals surface area contributed by atoms with E-state index in [0.29, 0.717) is 29.1 Å². The zero-order valence-electron chi connectivity index (χ0n) is 23.3. The van der Waals surface area contributed by atoms with E-state index in [1.54, 1.807) is 37.3 Å². The Kier molecular flexibility index (Phi) is 10.8. The van der Waals surface area contributed by atoms with Gasteiger partial charge in [0.25, 0.3) is 5.69 Å². The van der Waals surface area contributed by atoms with E-state index in [2.05, 4.69) is 10.6 Å².